The summed E-state index contributed by atoms with van der Waals surface area (Å²) in [6, 6.07) is -0.223. The average Bonchev–Trinajstić information content (AvgIpc) is 2.61. The summed E-state index contributed by atoms with van der Waals surface area (Å²) in [4.78, 5) is 35.9. The molecule has 1 aliphatic heterocycles. The van der Waals surface area contributed by atoms with E-state index < -0.39 is 65.0 Å². The first-order valence-corrected chi connectivity index (χ1v) is 8.27. The van der Waals surface area contributed by atoms with Gasteiger partial charge in [0.15, 0.2) is 29.4 Å². The van der Waals surface area contributed by atoms with Gasteiger partial charge in [-0.2, -0.15) is 10.1 Å². The molecule has 0 radical (unpaired) electrons. The molecule has 7 nitrogen and oxygen atoms in total. The fourth-order valence-corrected chi connectivity index (χ4v) is 2.31. The summed E-state index contributed by atoms with van der Waals surface area (Å²) in [6.07, 6.45) is -1.87. The minimum Gasteiger partial charge on any atom is -0.448 e. The number of carbonyl (C=O) groups is 3. The molecule has 0 spiro atoms. The van der Waals surface area contributed by atoms with Crippen LogP contribution in [-0.2, 0) is 19.1 Å². The number of nitrogens with zero attached hydrogens (tertiary/aromatic N) is 2. The monoisotopic (exact) mass is 403 g/mol. The quantitative estimate of drug-likeness (QED) is 0.464. The van der Waals surface area contributed by atoms with Crippen molar-refractivity contribution in [3.63, 3.8) is 0 Å². The lowest BCUT2D eigenvalue weighted by atomic mass is 10.1. The summed E-state index contributed by atoms with van der Waals surface area (Å²) < 4.78 is 59.7. The molecule has 1 aromatic carbocycles. The number of rotatable bonds is 5. The van der Waals surface area contributed by atoms with Crippen LogP contribution in [0, 0.1) is 23.3 Å². The molecule has 152 valence electrons. The van der Waals surface area contributed by atoms with Crippen LogP contribution < -0.4 is 10.3 Å². The van der Waals surface area contributed by atoms with E-state index in [0.717, 1.165) is 0 Å². The second-order valence-electron chi connectivity index (χ2n) is 6.28. The molecule has 0 bridgehead atoms. The van der Waals surface area contributed by atoms with Crippen molar-refractivity contribution in [1.29, 1.82) is 0 Å². The predicted octanol–water partition coefficient (Wildman–Crippen LogP) is 2.18. The third-order valence-corrected chi connectivity index (χ3v) is 3.65. The van der Waals surface area contributed by atoms with E-state index in [1.165, 1.54) is 6.92 Å². The molecule has 1 heterocycles. The molecule has 1 aromatic rings. The topological polar surface area (TPSA) is 88.1 Å². The molecule has 1 atom stereocenters. The van der Waals surface area contributed by atoms with Crippen molar-refractivity contribution in [3.05, 3.63) is 29.3 Å². The Hall–Kier alpha value is -2.98. The van der Waals surface area contributed by atoms with Gasteiger partial charge in [0.1, 0.15) is 11.4 Å². The predicted molar refractivity (Wildman–Crippen MR) is 89.3 cm³/mol. The number of anilines is 1. The average molecular weight is 403 g/mol. The Labute approximate surface area is 157 Å². The summed E-state index contributed by atoms with van der Waals surface area (Å²) in [5, 5.41) is 6.09. The first-order valence-electron chi connectivity index (χ1n) is 8.27. The number of carbonyl (C=O) groups excluding carboxylic acids is 3. The maximum absolute atomic E-state index is 14.0. The Balaban J connectivity index is 2.30. The standard InChI is InChI=1S/C17H17F4N3O4/c1-7(2)22-16(26)8(3)28-17(27)11-4-5-12(25)24(23-11)15-13(20)9(18)6-10(19)14(15)21/h6-8H,4-5H2,1-3H3,(H,22,26)/t8-/m0/s1. The van der Waals surface area contributed by atoms with Crippen LogP contribution in [0.3, 0.4) is 0 Å². The van der Waals surface area contributed by atoms with Gasteiger partial charge in [0.05, 0.1) is 0 Å². The molecule has 28 heavy (non-hydrogen) atoms. The van der Waals surface area contributed by atoms with Crippen molar-refractivity contribution in [2.24, 2.45) is 5.10 Å². The van der Waals surface area contributed by atoms with E-state index in [1.54, 1.807) is 13.8 Å². The van der Waals surface area contributed by atoms with Crippen molar-refractivity contribution in [3.8, 4) is 0 Å². The van der Waals surface area contributed by atoms with Crippen LogP contribution in [-0.4, -0.2) is 35.6 Å². The molecule has 0 unspecified atom stereocenters. The molecule has 2 amide bonds. The summed E-state index contributed by atoms with van der Waals surface area (Å²) in [7, 11) is 0. The number of halogens is 4. The molecule has 0 saturated carbocycles. The van der Waals surface area contributed by atoms with Gasteiger partial charge in [-0.1, -0.05) is 0 Å². The van der Waals surface area contributed by atoms with Crippen molar-refractivity contribution in [2.75, 3.05) is 5.01 Å². The fraction of sp³-hybridized carbons (Fsp3) is 0.412. The SMILES string of the molecule is CC(C)NC(=O)[C@H](C)OC(=O)C1=NN(c2c(F)c(F)cc(F)c2F)C(=O)CC1. The summed E-state index contributed by atoms with van der Waals surface area (Å²) in [6.45, 7) is 4.69. The molecule has 1 aliphatic rings. The number of hydrazone groups is 1. The van der Waals surface area contributed by atoms with Gasteiger partial charge in [-0.3, -0.25) is 9.59 Å². The van der Waals surface area contributed by atoms with Crippen molar-refractivity contribution < 1.29 is 36.7 Å². The Bertz CT molecular complexity index is 831. The van der Waals surface area contributed by atoms with E-state index in [0.29, 0.717) is 0 Å². The Morgan fingerprint density at radius 1 is 1.11 bits per heavy atom. The van der Waals surface area contributed by atoms with Crippen LogP contribution >= 0.6 is 0 Å². The first kappa shape index (κ1) is 21.3. The van der Waals surface area contributed by atoms with Crippen molar-refractivity contribution in [2.45, 2.75) is 45.8 Å². The molecule has 11 heteroatoms. The van der Waals surface area contributed by atoms with E-state index in [4.69, 9.17) is 4.74 Å². The van der Waals surface area contributed by atoms with Gasteiger partial charge in [0, 0.05) is 24.9 Å². The summed E-state index contributed by atoms with van der Waals surface area (Å²) >= 11 is 0. The van der Waals surface area contributed by atoms with E-state index in [-0.39, 0.29) is 23.5 Å². The molecule has 2 rings (SSSR count). The fourth-order valence-electron chi connectivity index (χ4n) is 2.31. The smallest absolute Gasteiger partial charge is 0.355 e. The minimum absolute atomic E-state index is 0.0174. The highest BCUT2D eigenvalue weighted by Gasteiger charge is 2.33. The van der Waals surface area contributed by atoms with E-state index in [2.05, 4.69) is 10.4 Å². The number of benzene rings is 1. The lowest BCUT2D eigenvalue weighted by molar-refractivity contribution is -0.149. The number of ether oxygens (including phenoxy) is 1. The summed E-state index contributed by atoms with van der Waals surface area (Å²) in [5.41, 5.74) is -1.81. The lowest BCUT2D eigenvalue weighted by Gasteiger charge is -2.24. The van der Waals surface area contributed by atoms with Crippen LogP contribution in [0.1, 0.15) is 33.6 Å². The van der Waals surface area contributed by atoms with E-state index in [1.807, 2.05) is 0 Å². The third-order valence-electron chi connectivity index (χ3n) is 3.65. The van der Waals surface area contributed by atoms with Crippen LogP contribution in [0.4, 0.5) is 23.2 Å². The molecule has 0 aliphatic carbocycles. The van der Waals surface area contributed by atoms with Gasteiger partial charge in [-0.25, -0.2) is 22.4 Å². The maximum atomic E-state index is 14.0. The van der Waals surface area contributed by atoms with Gasteiger partial charge >= 0.3 is 5.97 Å². The Kier molecular flexibility index (Phi) is 6.37. The van der Waals surface area contributed by atoms with Gasteiger partial charge in [-0.05, 0) is 20.8 Å². The van der Waals surface area contributed by atoms with E-state index >= 15 is 0 Å². The van der Waals surface area contributed by atoms with Crippen molar-refractivity contribution >= 4 is 29.2 Å². The van der Waals surface area contributed by atoms with Crippen LogP contribution in [0.2, 0.25) is 0 Å². The molecule has 0 aromatic heterocycles. The van der Waals surface area contributed by atoms with Gasteiger partial charge < -0.3 is 10.1 Å². The van der Waals surface area contributed by atoms with Gasteiger partial charge in [0.25, 0.3) is 5.91 Å². The second-order valence-corrected chi connectivity index (χ2v) is 6.28. The highest BCUT2D eigenvalue weighted by Crippen LogP contribution is 2.30. The van der Waals surface area contributed by atoms with Gasteiger partial charge in [0.2, 0.25) is 5.91 Å². The normalized spacial score (nSPS) is 15.4. The zero-order chi connectivity index (χ0) is 21.2. The molecule has 1 N–H and O–H groups in total. The first-order chi connectivity index (χ1) is 13.0. The highest BCUT2D eigenvalue weighted by atomic mass is 19.2. The van der Waals surface area contributed by atoms with E-state index in [9.17, 15) is 31.9 Å². The summed E-state index contributed by atoms with van der Waals surface area (Å²) in [5.74, 6) is -9.81. The van der Waals surface area contributed by atoms with Crippen molar-refractivity contribution in [1.82, 2.24) is 5.32 Å². The van der Waals surface area contributed by atoms with Crippen LogP contribution in [0.15, 0.2) is 11.2 Å². The maximum Gasteiger partial charge on any atom is 0.355 e. The van der Waals surface area contributed by atoms with Gasteiger partial charge in [-0.15, -0.1) is 0 Å². The molecule has 0 fully saturated rings. The number of nitrogens with one attached hydrogen (secondary N) is 1. The number of hydrogen-bond acceptors (Lipinski definition) is 5. The minimum atomic E-state index is -1.84. The Morgan fingerprint density at radius 2 is 1.68 bits per heavy atom. The Morgan fingerprint density at radius 3 is 2.21 bits per heavy atom. The largest absolute Gasteiger partial charge is 0.448 e. The second kappa shape index (κ2) is 8.36. The molecular weight excluding hydrogens is 386 g/mol. The van der Waals surface area contributed by atoms with Crippen LogP contribution in [0.5, 0.6) is 0 Å². The lowest BCUT2D eigenvalue weighted by Crippen LogP contribution is -2.42. The third kappa shape index (κ3) is 4.46. The highest BCUT2D eigenvalue weighted by molar-refractivity contribution is 6.38. The van der Waals surface area contributed by atoms with Crippen LogP contribution in [0.25, 0.3) is 0 Å². The number of hydrogen-bond donors (Lipinski definition) is 1. The zero-order valence-electron chi connectivity index (χ0n) is 15.2. The molecule has 0 saturated heterocycles. The molecular formula is C17H17F4N3O4. The number of amides is 2. The zero-order valence-corrected chi connectivity index (χ0v) is 15.2. The number of esters is 1.